The molecule has 0 unspecified atom stereocenters. The number of para-hydroxylation sites is 2. The first-order valence-electron chi connectivity index (χ1n) is 21.0. The molecule has 2 bridgehead atoms. The molecule has 0 amide bonds. The lowest BCUT2D eigenvalue weighted by molar-refractivity contribution is 0.139. The van der Waals surface area contributed by atoms with E-state index in [0.717, 1.165) is 67.3 Å². The van der Waals surface area contributed by atoms with Crippen molar-refractivity contribution in [2.45, 2.75) is 70.1 Å². The van der Waals surface area contributed by atoms with Crippen LogP contribution in [-0.4, -0.2) is 14.5 Å². The molecule has 1 atom stereocenters. The first-order valence-corrected chi connectivity index (χ1v) is 21.0. The van der Waals surface area contributed by atoms with Crippen LogP contribution in [0, 0.1) is 11.8 Å². The Morgan fingerprint density at radius 2 is 1.35 bits per heavy atom. The van der Waals surface area contributed by atoms with Crippen molar-refractivity contribution < 1.29 is 4.42 Å². The lowest BCUT2D eigenvalue weighted by Crippen LogP contribution is -2.40. The zero-order valence-corrected chi connectivity index (χ0v) is 32.8. The van der Waals surface area contributed by atoms with E-state index in [1.54, 1.807) is 0 Å². The minimum atomic E-state index is -0.248. The van der Waals surface area contributed by atoms with Crippen LogP contribution in [0.3, 0.4) is 0 Å². The third kappa shape index (κ3) is 4.80. The summed E-state index contributed by atoms with van der Waals surface area (Å²) < 4.78 is 8.60. The number of rotatable bonds is 5. The highest BCUT2D eigenvalue weighted by molar-refractivity contribution is 6.11. The minimum absolute atomic E-state index is 0.248. The van der Waals surface area contributed by atoms with Crippen molar-refractivity contribution in [1.82, 2.24) is 14.5 Å². The van der Waals surface area contributed by atoms with Gasteiger partial charge in [-0.15, -0.1) is 0 Å². The maximum absolute atomic E-state index is 6.30. The summed E-state index contributed by atoms with van der Waals surface area (Å²) in [6.45, 7) is 7.09. The Balaban J connectivity index is 1.06. The summed E-state index contributed by atoms with van der Waals surface area (Å²) in [6, 6.07) is 48.8. The van der Waals surface area contributed by atoms with Gasteiger partial charge in [-0.1, -0.05) is 131 Å². The number of nitrogens with zero attached hydrogens (tertiary/aromatic N) is 3. The van der Waals surface area contributed by atoms with Crippen LogP contribution in [0.1, 0.15) is 76.0 Å². The fourth-order valence-corrected chi connectivity index (χ4v) is 11.4. The Bertz CT molecular complexity index is 3100. The standard InChI is InChI=1S/C53H45N3O/c1-4-32-20-21-33-30-53(29-32,31-33)37-13-11-12-36(26-37)49-48-50(41-16-5-8-17-43(41)52(48,2)3)55-51(54-49)56-44-18-9-6-14-38(44)42-27-34(23-25-45(42)56)35-22-24-40-39-15-7-10-19-46(39)57-47(40)28-35/h5-19,22-28,32-33H,4,20-21,29-31H2,1-3H3/t32-,33?,53?/m1/s1. The number of hydrogen-bond acceptors (Lipinski definition) is 3. The Labute approximate surface area is 333 Å². The average Bonchev–Trinajstić information content (AvgIpc) is 3.73. The number of hydrogen-bond donors (Lipinski definition) is 0. The van der Waals surface area contributed by atoms with E-state index >= 15 is 0 Å². The first kappa shape index (κ1) is 33.2. The quantitative estimate of drug-likeness (QED) is 0.177. The van der Waals surface area contributed by atoms with Crippen molar-refractivity contribution in [2.75, 3.05) is 0 Å². The molecule has 0 aliphatic heterocycles. The normalized spacial score (nSPS) is 20.8. The zero-order chi connectivity index (χ0) is 38.0. The Kier molecular flexibility index (Phi) is 6.99. The van der Waals surface area contributed by atoms with Crippen LogP contribution in [0.5, 0.6) is 0 Å². The molecule has 57 heavy (non-hydrogen) atoms. The molecule has 0 radical (unpaired) electrons. The highest BCUT2D eigenvalue weighted by Gasteiger charge is 2.48. The number of aromatic nitrogens is 3. The fraction of sp³-hybridized carbons (Fsp3) is 0.245. The second-order valence-corrected chi connectivity index (χ2v) is 17.9. The van der Waals surface area contributed by atoms with Crippen LogP contribution in [0.25, 0.3) is 83.3 Å². The van der Waals surface area contributed by atoms with E-state index in [9.17, 15) is 0 Å². The van der Waals surface area contributed by atoms with Crippen molar-refractivity contribution >= 4 is 43.7 Å². The molecule has 3 aromatic heterocycles. The summed E-state index contributed by atoms with van der Waals surface area (Å²) in [5, 5.41) is 4.65. The van der Waals surface area contributed by atoms with Crippen LogP contribution in [0.15, 0.2) is 138 Å². The topological polar surface area (TPSA) is 43.9 Å². The van der Waals surface area contributed by atoms with Crippen LogP contribution in [0.2, 0.25) is 0 Å². The van der Waals surface area contributed by atoms with Crippen LogP contribution < -0.4 is 0 Å². The molecule has 9 aromatic rings. The lowest BCUT2D eigenvalue weighted by atomic mass is 9.57. The molecule has 4 nitrogen and oxygen atoms in total. The smallest absolute Gasteiger partial charge is 0.235 e. The summed E-state index contributed by atoms with van der Waals surface area (Å²) in [7, 11) is 0. The Morgan fingerprint density at radius 1 is 0.614 bits per heavy atom. The van der Waals surface area contributed by atoms with Gasteiger partial charge in [-0.25, -0.2) is 9.97 Å². The van der Waals surface area contributed by atoms with Crippen LogP contribution in [-0.2, 0) is 10.8 Å². The minimum Gasteiger partial charge on any atom is -0.456 e. The van der Waals surface area contributed by atoms with Crippen molar-refractivity contribution in [3.8, 4) is 39.6 Å². The molecular formula is C53H45N3O. The molecule has 6 aromatic carbocycles. The van der Waals surface area contributed by atoms with Crippen molar-refractivity contribution in [1.29, 1.82) is 0 Å². The highest BCUT2D eigenvalue weighted by Crippen LogP contribution is 2.58. The van der Waals surface area contributed by atoms with E-state index in [2.05, 4.69) is 147 Å². The number of fused-ring (bicyclic) bond motifs is 12. The van der Waals surface area contributed by atoms with Crippen LogP contribution >= 0.6 is 0 Å². The largest absolute Gasteiger partial charge is 0.456 e. The predicted octanol–water partition coefficient (Wildman–Crippen LogP) is 14.0. The number of benzene rings is 6. The zero-order valence-electron chi connectivity index (χ0n) is 32.8. The van der Waals surface area contributed by atoms with E-state index in [1.165, 1.54) is 77.1 Å². The molecular weight excluding hydrogens is 695 g/mol. The summed E-state index contributed by atoms with van der Waals surface area (Å²) in [6.07, 6.45) is 8.02. The second-order valence-electron chi connectivity index (χ2n) is 17.9. The Morgan fingerprint density at radius 3 is 2.25 bits per heavy atom. The van der Waals surface area contributed by atoms with E-state index in [4.69, 9.17) is 14.4 Å². The maximum atomic E-state index is 6.30. The average molecular weight is 740 g/mol. The van der Waals surface area contributed by atoms with Gasteiger partial charge in [0.15, 0.2) is 0 Å². The van der Waals surface area contributed by atoms with Gasteiger partial charge in [0.1, 0.15) is 11.2 Å². The van der Waals surface area contributed by atoms with Crippen molar-refractivity contribution in [3.05, 3.63) is 150 Å². The van der Waals surface area contributed by atoms with Gasteiger partial charge in [0.05, 0.1) is 22.4 Å². The summed E-state index contributed by atoms with van der Waals surface area (Å²) in [4.78, 5) is 11.2. The van der Waals surface area contributed by atoms with Gasteiger partial charge >= 0.3 is 0 Å². The highest BCUT2D eigenvalue weighted by atomic mass is 16.3. The summed E-state index contributed by atoms with van der Waals surface area (Å²) in [5.41, 5.74) is 14.9. The first-order chi connectivity index (χ1) is 27.9. The van der Waals surface area contributed by atoms with Gasteiger partial charge in [0.2, 0.25) is 5.95 Å². The Hall–Kier alpha value is -6.00. The molecule has 0 saturated heterocycles. The summed E-state index contributed by atoms with van der Waals surface area (Å²) in [5.74, 6) is 2.40. The van der Waals surface area contributed by atoms with E-state index < -0.39 is 0 Å². The molecule has 4 heteroatoms. The second kappa shape index (κ2) is 12.0. The SMILES string of the molecule is CC[C@@H]1CCC2CC(c3cccc(-c4nc(-n5c6ccccc6c6cc(-c7ccc8c(c7)oc7ccccc78)ccc65)nc5c4C(C)(C)c4ccccc4-5)c3)(C2)C1. The molecule has 0 N–H and O–H groups in total. The predicted molar refractivity (Wildman–Crippen MR) is 234 cm³/mol. The van der Waals surface area contributed by atoms with Gasteiger partial charge in [-0.05, 0) is 101 Å². The van der Waals surface area contributed by atoms with Crippen molar-refractivity contribution in [3.63, 3.8) is 0 Å². The molecule has 3 fully saturated rings. The fourth-order valence-electron chi connectivity index (χ4n) is 11.4. The van der Waals surface area contributed by atoms with E-state index in [0.29, 0.717) is 5.95 Å². The molecule has 3 heterocycles. The molecule has 0 spiro atoms. The van der Waals surface area contributed by atoms with E-state index in [1.807, 2.05) is 12.1 Å². The van der Waals surface area contributed by atoms with Gasteiger partial charge < -0.3 is 4.42 Å². The monoisotopic (exact) mass is 739 g/mol. The number of furan rings is 1. The molecule has 278 valence electrons. The van der Waals surface area contributed by atoms with Gasteiger partial charge in [-0.2, -0.15) is 0 Å². The maximum Gasteiger partial charge on any atom is 0.235 e. The summed E-state index contributed by atoms with van der Waals surface area (Å²) >= 11 is 0. The van der Waals surface area contributed by atoms with Gasteiger partial charge in [0.25, 0.3) is 0 Å². The molecule has 3 saturated carbocycles. The molecule has 4 aliphatic carbocycles. The van der Waals surface area contributed by atoms with Crippen LogP contribution in [0.4, 0.5) is 0 Å². The van der Waals surface area contributed by atoms with Crippen molar-refractivity contribution in [2.24, 2.45) is 11.8 Å². The third-order valence-corrected chi connectivity index (χ3v) is 14.3. The van der Waals surface area contributed by atoms with Gasteiger partial charge in [-0.3, -0.25) is 4.57 Å². The van der Waals surface area contributed by atoms with E-state index in [-0.39, 0.29) is 10.8 Å². The molecule has 4 aliphatic rings. The third-order valence-electron chi connectivity index (χ3n) is 14.3. The lowest BCUT2D eigenvalue weighted by Gasteiger charge is -2.47. The van der Waals surface area contributed by atoms with Gasteiger partial charge in [0, 0.05) is 43.7 Å². The molecule has 13 rings (SSSR count).